The normalized spacial score (nSPS) is 23.3. The number of carboxylic acids is 2. The lowest BCUT2D eigenvalue weighted by Gasteiger charge is -2.53. The molecule has 0 spiro atoms. The van der Waals surface area contributed by atoms with E-state index in [0.717, 1.165) is 35.1 Å². The van der Waals surface area contributed by atoms with Crippen LogP contribution in [-0.4, -0.2) is 75.3 Å². The van der Waals surface area contributed by atoms with Gasteiger partial charge in [0.05, 0.1) is 46.8 Å². The lowest BCUT2D eigenvalue weighted by Crippen LogP contribution is -2.59. The van der Waals surface area contributed by atoms with Crippen molar-refractivity contribution in [2.24, 2.45) is 28.6 Å². The number of carboxylic acid groups (broad SMARTS) is 2. The quantitative estimate of drug-likeness (QED) is 0.100. The number of amides is 2. The maximum Gasteiger partial charge on any atom is 0.304 e. The third kappa shape index (κ3) is 15.1. The Morgan fingerprint density at radius 1 is 0.575 bits per heavy atom. The first kappa shape index (κ1) is 61.4. The van der Waals surface area contributed by atoms with Crippen molar-refractivity contribution in [3.8, 4) is 0 Å². The van der Waals surface area contributed by atoms with Crippen LogP contribution in [0.1, 0.15) is 161 Å². The minimum Gasteiger partial charge on any atom is -0.481 e. The van der Waals surface area contributed by atoms with Gasteiger partial charge in [-0.15, -0.1) is 0 Å². The number of rotatable bonds is 18. The zero-order valence-electron chi connectivity index (χ0n) is 43.1. The number of piperidine rings is 2. The number of carbonyl (C=O) groups is 4. The fourth-order valence-corrected chi connectivity index (χ4v) is 12.9. The Morgan fingerprint density at radius 2 is 0.945 bits per heavy atom. The summed E-state index contributed by atoms with van der Waals surface area (Å²) >= 11 is 25.2. The van der Waals surface area contributed by atoms with Gasteiger partial charge < -0.3 is 20.0 Å². The Hall–Kier alpha value is -4.13. The average Bonchev–Trinajstić information content (AvgIpc) is 3.28. The highest BCUT2D eigenvalue weighted by atomic mass is 35.5. The molecule has 2 saturated heterocycles. The van der Waals surface area contributed by atoms with Crippen molar-refractivity contribution >= 4 is 80.0 Å². The molecule has 73 heavy (non-hydrogen) atoms. The summed E-state index contributed by atoms with van der Waals surface area (Å²) < 4.78 is 26.3. The largest absolute Gasteiger partial charge is 0.481 e. The van der Waals surface area contributed by atoms with E-state index in [0.29, 0.717) is 32.4 Å². The van der Waals surface area contributed by atoms with E-state index in [1.165, 1.54) is 0 Å². The van der Waals surface area contributed by atoms with Gasteiger partial charge in [0.15, 0.2) is 9.84 Å². The van der Waals surface area contributed by atoms with Crippen LogP contribution < -0.4 is 0 Å². The topological polar surface area (TPSA) is 149 Å². The maximum absolute atomic E-state index is 14.3. The van der Waals surface area contributed by atoms with Crippen LogP contribution in [0.3, 0.4) is 0 Å². The van der Waals surface area contributed by atoms with Gasteiger partial charge in [-0.1, -0.05) is 158 Å². The van der Waals surface area contributed by atoms with Crippen molar-refractivity contribution in [1.29, 1.82) is 0 Å². The standard InChI is InChI=1S/C29H37Cl2NO3.C28H35Cl2NO5S.CH4/c1-18(2)9-14-25(19(3)4)32-27(20-10-12-22(30)13-11-20)24(21-7-6-8-23(31)15-21)16-29(5,28(32)35)17-26(33)34;1-17(2)24(16-37(35,36)18(3)4)31-26(19-9-11-21(29)12-10-19)23(20-7-6-8-22(30)13-20)14-28(5,27(31)34)15-25(32)33;/h6-8,10-13,15,18-19,24-25,27H,9,14,16-17H2,1-5H3,(H,33,34);6-13,17-18,23-24,26H,14-16H2,1-5H3,(H,32,33);1H4/t24-,25-,27-,29-;23-,24-,26-,28-;/m11./s1. The Labute approximate surface area is 455 Å². The van der Waals surface area contributed by atoms with Gasteiger partial charge in [0.2, 0.25) is 11.8 Å². The fourth-order valence-electron chi connectivity index (χ4n) is 10.8. The molecule has 2 amide bonds. The highest BCUT2D eigenvalue weighted by Gasteiger charge is 2.55. The summed E-state index contributed by atoms with van der Waals surface area (Å²) in [7, 11) is -3.53. The number of aliphatic carboxylic acids is 2. The lowest BCUT2D eigenvalue weighted by molar-refractivity contribution is -0.162. The zero-order valence-corrected chi connectivity index (χ0v) is 47.0. The Morgan fingerprint density at radius 3 is 1.26 bits per heavy atom. The smallest absolute Gasteiger partial charge is 0.304 e. The van der Waals surface area contributed by atoms with Gasteiger partial charge in [-0.25, -0.2) is 8.42 Å². The van der Waals surface area contributed by atoms with Crippen LogP contribution in [0.4, 0.5) is 0 Å². The summed E-state index contributed by atoms with van der Waals surface area (Å²) in [6.07, 6.45) is 1.96. The molecular weight excluding hydrogens is 1030 g/mol. The van der Waals surface area contributed by atoms with Crippen molar-refractivity contribution < 1.29 is 37.8 Å². The highest BCUT2D eigenvalue weighted by Crippen LogP contribution is 2.54. The molecule has 0 aromatic heterocycles. The molecule has 15 heteroatoms. The molecule has 8 atom stereocenters. The molecule has 0 radical (unpaired) electrons. The van der Waals surface area contributed by atoms with E-state index < -0.39 is 49.9 Å². The molecule has 2 fully saturated rings. The molecule has 10 nitrogen and oxygen atoms in total. The third-order valence-corrected chi connectivity index (χ3v) is 17.9. The van der Waals surface area contributed by atoms with Crippen LogP contribution in [0.25, 0.3) is 0 Å². The maximum atomic E-state index is 14.3. The third-order valence-electron chi connectivity index (χ3n) is 14.7. The van der Waals surface area contributed by atoms with E-state index in [-0.39, 0.29) is 80.0 Å². The molecule has 6 rings (SSSR count). The molecule has 2 aliphatic rings. The number of carbonyl (C=O) groups excluding carboxylic acids is 2. The Bertz CT molecular complexity index is 2640. The molecule has 4 aromatic carbocycles. The number of hydrogen-bond donors (Lipinski definition) is 2. The first-order valence-electron chi connectivity index (χ1n) is 24.9. The molecular formula is C58H76Cl4N2O8S. The molecule has 4 aromatic rings. The first-order chi connectivity index (χ1) is 33.6. The number of halogens is 4. The predicted molar refractivity (Wildman–Crippen MR) is 297 cm³/mol. The van der Waals surface area contributed by atoms with Gasteiger partial charge in [-0.2, -0.15) is 0 Å². The van der Waals surface area contributed by atoms with Crippen molar-refractivity contribution in [3.63, 3.8) is 0 Å². The van der Waals surface area contributed by atoms with Gasteiger partial charge in [0.25, 0.3) is 0 Å². The second-order valence-corrected chi connectivity index (χ2v) is 26.2. The van der Waals surface area contributed by atoms with Crippen LogP contribution in [0.5, 0.6) is 0 Å². The van der Waals surface area contributed by atoms with Gasteiger partial charge in [-0.05, 0) is 128 Å². The van der Waals surface area contributed by atoms with Crippen molar-refractivity contribution in [2.75, 3.05) is 5.75 Å². The molecule has 400 valence electrons. The van der Waals surface area contributed by atoms with Crippen LogP contribution in [0.15, 0.2) is 97.1 Å². The van der Waals surface area contributed by atoms with E-state index in [1.54, 1.807) is 43.9 Å². The number of hydrogen-bond acceptors (Lipinski definition) is 6. The second-order valence-electron chi connectivity index (χ2n) is 21.9. The number of sulfone groups is 1. The van der Waals surface area contributed by atoms with E-state index in [9.17, 15) is 37.8 Å². The molecule has 2 aliphatic heterocycles. The van der Waals surface area contributed by atoms with Crippen LogP contribution in [-0.2, 0) is 29.0 Å². The summed E-state index contributed by atoms with van der Waals surface area (Å²) in [4.78, 5) is 56.1. The highest BCUT2D eigenvalue weighted by molar-refractivity contribution is 7.92. The summed E-state index contributed by atoms with van der Waals surface area (Å²) in [6.45, 7) is 19.2. The van der Waals surface area contributed by atoms with Gasteiger partial charge in [-0.3, -0.25) is 19.2 Å². The SMILES string of the molecule is C.CC(C)CC[C@H](C(C)C)N1C(=O)[C@@](C)(CC(=O)O)C[C@H](c2cccc(Cl)c2)[C@H]1c1ccc(Cl)cc1.CC(C)[C@@H](CS(=O)(=O)C(C)C)N1C(=O)[C@@](C)(CC(=O)O)C[C@H](c2cccc(Cl)c2)[C@H]1c1ccc(Cl)cc1. The molecule has 2 N–H and O–H groups in total. The molecule has 2 heterocycles. The fraction of sp³-hybridized carbons (Fsp3) is 0.517. The molecule has 0 bridgehead atoms. The summed E-state index contributed by atoms with van der Waals surface area (Å²) in [5.74, 6) is -2.64. The number of likely N-dealkylation sites (tertiary alicyclic amines) is 2. The minimum atomic E-state index is -3.53. The van der Waals surface area contributed by atoms with Crippen molar-refractivity contribution in [2.45, 2.75) is 156 Å². The first-order valence-corrected chi connectivity index (χ1v) is 28.1. The van der Waals surface area contributed by atoms with E-state index in [1.807, 2.05) is 105 Å². The average molecular weight is 1100 g/mol. The Kier molecular flexibility index (Phi) is 21.5. The summed E-state index contributed by atoms with van der Waals surface area (Å²) in [5.41, 5.74) is 1.41. The number of nitrogens with zero attached hydrogens (tertiary/aromatic N) is 2. The summed E-state index contributed by atoms with van der Waals surface area (Å²) in [6, 6.07) is 28.5. The molecule has 0 unspecified atom stereocenters. The minimum absolute atomic E-state index is 0. The van der Waals surface area contributed by atoms with E-state index in [4.69, 9.17) is 46.4 Å². The zero-order chi connectivity index (χ0) is 53.6. The summed E-state index contributed by atoms with van der Waals surface area (Å²) in [5, 5.41) is 21.2. The second kappa shape index (κ2) is 25.6. The Balaban J connectivity index is 0.000000313. The van der Waals surface area contributed by atoms with Gasteiger partial charge in [0.1, 0.15) is 0 Å². The van der Waals surface area contributed by atoms with Gasteiger partial charge >= 0.3 is 11.9 Å². The van der Waals surface area contributed by atoms with Crippen molar-refractivity contribution in [3.05, 3.63) is 139 Å². The van der Waals surface area contributed by atoms with Crippen molar-refractivity contribution in [1.82, 2.24) is 9.80 Å². The van der Waals surface area contributed by atoms with E-state index >= 15 is 0 Å². The van der Waals surface area contributed by atoms with Crippen LogP contribution >= 0.6 is 46.4 Å². The predicted octanol–water partition coefficient (Wildman–Crippen LogP) is 15.0. The van der Waals surface area contributed by atoms with Gasteiger partial charge in [0, 0.05) is 44.0 Å². The van der Waals surface area contributed by atoms with E-state index in [2.05, 4.69) is 27.7 Å². The lowest BCUT2D eigenvalue weighted by atomic mass is 9.66. The van der Waals surface area contributed by atoms with Crippen LogP contribution in [0.2, 0.25) is 20.1 Å². The molecule has 0 saturated carbocycles. The number of benzene rings is 4. The van der Waals surface area contributed by atoms with Crippen LogP contribution in [0, 0.1) is 28.6 Å². The monoisotopic (exact) mass is 1100 g/mol. The molecule has 0 aliphatic carbocycles.